The molecular weight excluding hydrogens is 211 g/mol. The normalized spacial score (nSPS) is 13.7. The van der Waals surface area contributed by atoms with E-state index in [1.165, 1.54) is 4.90 Å². The number of benzene rings is 1. The summed E-state index contributed by atoms with van der Waals surface area (Å²) >= 11 is 4.92. The maximum atomic E-state index is 14.4. The van der Waals surface area contributed by atoms with Crippen LogP contribution in [0.3, 0.4) is 0 Å². The van der Waals surface area contributed by atoms with Crippen molar-refractivity contribution in [3.8, 4) is 6.07 Å². The third-order valence-electron chi connectivity index (χ3n) is 2.03. The molecule has 1 unspecified atom stereocenters. The van der Waals surface area contributed by atoms with E-state index in [0.29, 0.717) is 0 Å². The van der Waals surface area contributed by atoms with E-state index < -0.39 is 5.67 Å². The largest absolute Gasteiger partial charge is 0.368 e. The molecule has 4 heteroatoms. The first kappa shape index (κ1) is 11.6. The Morgan fingerprint density at radius 3 is 2.33 bits per heavy atom. The molecule has 0 amide bonds. The van der Waals surface area contributed by atoms with Gasteiger partial charge >= 0.3 is 0 Å². The Morgan fingerprint density at radius 2 is 1.93 bits per heavy atom. The van der Waals surface area contributed by atoms with Crippen molar-refractivity contribution in [2.45, 2.75) is 5.67 Å². The van der Waals surface area contributed by atoms with Gasteiger partial charge < -0.3 is 4.90 Å². The SMILES string of the molecule is CN(C)C(=S)C(F)(C#N)c1ccccc1. The summed E-state index contributed by atoms with van der Waals surface area (Å²) in [7, 11) is 3.24. The number of thiocarbonyl (C=S) groups is 1. The van der Waals surface area contributed by atoms with Gasteiger partial charge in [-0.25, -0.2) is 4.39 Å². The van der Waals surface area contributed by atoms with E-state index in [1.54, 1.807) is 50.5 Å². The van der Waals surface area contributed by atoms with Crippen molar-refractivity contribution in [3.05, 3.63) is 35.9 Å². The van der Waals surface area contributed by atoms with Crippen LogP contribution in [0.2, 0.25) is 0 Å². The molecule has 0 fully saturated rings. The number of nitrogens with zero attached hydrogens (tertiary/aromatic N) is 2. The Bertz CT molecular complexity index is 397. The fourth-order valence-electron chi connectivity index (χ4n) is 1.21. The van der Waals surface area contributed by atoms with Crippen molar-refractivity contribution in [3.63, 3.8) is 0 Å². The fraction of sp³-hybridized carbons (Fsp3) is 0.273. The Hall–Kier alpha value is -1.47. The second-order valence-corrected chi connectivity index (χ2v) is 3.72. The van der Waals surface area contributed by atoms with Gasteiger partial charge in [-0.1, -0.05) is 42.5 Å². The minimum Gasteiger partial charge on any atom is -0.368 e. The molecule has 1 aromatic carbocycles. The standard InChI is InChI=1S/C11H11FN2S/c1-14(2)10(15)11(12,8-13)9-6-4-3-5-7-9/h3-7H,1-2H3. The lowest BCUT2D eigenvalue weighted by Crippen LogP contribution is -2.37. The smallest absolute Gasteiger partial charge is 0.270 e. The predicted molar refractivity (Wildman–Crippen MR) is 61.1 cm³/mol. The van der Waals surface area contributed by atoms with Crippen LogP contribution >= 0.6 is 12.2 Å². The minimum absolute atomic E-state index is 0.0313. The number of rotatable bonds is 2. The van der Waals surface area contributed by atoms with Crippen molar-refractivity contribution in [1.29, 1.82) is 5.26 Å². The molecule has 15 heavy (non-hydrogen) atoms. The molecule has 0 N–H and O–H groups in total. The van der Waals surface area contributed by atoms with Crippen LogP contribution in [0, 0.1) is 11.3 Å². The number of hydrogen-bond donors (Lipinski definition) is 0. The predicted octanol–water partition coefficient (Wildman–Crippen LogP) is 2.26. The molecule has 1 atom stereocenters. The summed E-state index contributed by atoms with van der Waals surface area (Å²) in [4.78, 5) is 1.40. The lowest BCUT2D eigenvalue weighted by molar-refractivity contribution is 0.322. The number of halogens is 1. The molecule has 2 nitrogen and oxygen atoms in total. The van der Waals surface area contributed by atoms with E-state index in [0.717, 1.165) is 0 Å². The zero-order valence-corrected chi connectivity index (χ0v) is 9.38. The van der Waals surface area contributed by atoms with Gasteiger partial charge in [0.1, 0.15) is 11.1 Å². The summed E-state index contributed by atoms with van der Waals surface area (Å²) in [6.07, 6.45) is 0. The first-order chi connectivity index (χ1) is 7.02. The third-order valence-corrected chi connectivity index (χ3v) is 2.67. The first-order valence-electron chi connectivity index (χ1n) is 4.40. The molecule has 0 saturated heterocycles. The summed E-state index contributed by atoms with van der Waals surface area (Å²) in [5.41, 5.74) is -1.95. The van der Waals surface area contributed by atoms with Gasteiger partial charge in [-0.3, -0.25) is 0 Å². The topological polar surface area (TPSA) is 27.0 Å². The molecule has 0 bridgehead atoms. The third kappa shape index (κ3) is 2.13. The minimum atomic E-state index is -2.22. The maximum Gasteiger partial charge on any atom is 0.270 e. The summed E-state index contributed by atoms with van der Waals surface area (Å²) in [6, 6.07) is 9.86. The van der Waals surface area contributed by atoms with Gasteiger partial charge in [0.25, 0.3) is 5.67 Å². The van der Waals surface area contributed by atoms with Gasteiger partial charge in [0.2, 0.25) is 0 Å². The van der Waals surface area contributed by atoms with Gasteiger partial charge in [-0.15, -0.1) is 0 Å². The molecule has 0 aliphatic heterocycles. The fourth-order valence-corrected chi connectivity index (χ4v) is 1.38. The van der Waals surface area contributed by atoms with Crippen LogP contribution in [0.1, 0.15) is 5.56 Å². The molecule has 0 radical (unpaired) electrons. The highest BCUT2D eigenvalue weighted by molar-refractivity contribution is 7.80. The van der Waals surface area contributed by atoms with Gasteiger partial charge in [0, 0.05) is 19.7 Å². The van der Waals surface area contributed by atoms with Gasteiger partial charge in [0.05, 0.1) is 0 Å². The molecule has 0 aliphatic carbocycles. The second kappa shape index (κ2) is 4.37. The number of alkyl halides is 1. The van der Waals surface area contributed by atoms with E-state index in [2.05, 4.69) is 0 Å². The van der Waals surface area contributed by atoms with E-state index in [-0.39, 0.29) is 10.6 Å². The zero-order chi connectivity index (χ0) is 11.5. The van der Waals surface area contributed by atoms with Crippen LogP contribution in [0.15, 0.2) is 30.3 Å². The molecular formula is C11H11FN2S. The lowest BCUT2D eigenvalue weighted by Gasteiger charge is -2.24. The molecule has 0 spiro atoms. The van der Waals surface area contributed by atoms with Crippen molar-refractivity contribution >= 4 is 17.2 Å². The zero-order valence-electron chi connectivity index (χ0n) is 8.57. The average molecular weight is 222 g/mol. The van der Waals surface area contributed by atoms with Crippen LogP contribution in [0.4, 0.5) is 4.39 Å². The van der Waals surface area contributed by atoms with Gasteiger partial charge in [-0.2, -0.15) is 5.26 Å². The molecule has 0 aliphatic rings. The highest BCUT2D eigenvalue weighted by Gasteiger charge is 2.38. The highest BCUT2D eigenvalue weighted by atomic mass is 32.1. The maximum absolute atomic E-state index is 14.4. The van der Waals surface area contributed by atoms with Crippen molar-refractivity contribution in [1.82, 2.24) is 4.90 Å². The van der Waals surface area contributed by atoms with Crippen LogP contribution in [-0.4, -0.2) is 24.0 Å². The molecule has 1 rings (SSSR count). The Morgan fingerprint density at radius 1 is 1.40 bits per heavy atom. The Labute approximate surface area is 93.9 Å². The molecule has 78 valence electrons. The van der Waals surface area contributed by atoms with Crippen molar-refractivity contribution in [2.75, 3.05) is 14.1 Å². The molecule has 0 aromatic heterocycles. The van der Waals surface area contributed by atoms with Crippen LogP contribution < -0.4 is 0 Å². The quantitative estimate of drug-likeness (QED) is 0.718. The van der Waals surface area contributed by atoms with E-state index >= 15 is 0 Å². The molecule has 0 heterocycles. The van der Waals surface area contributed by atoms with E-state index in [4.69, 9.17) is 17.5 Å². The number of likely N-dealkylation sites (N-methyl/N-ethyl adjacent to an activating group) is 1. The van der Waals surface area contributed by atoms with E-state index in [9.17, 15) is 4.39 Å². The number of hydrogen-bond acceptors (Lipinski definition) is 2. The lowest BCUT2D eigenvalue weighted by atomic mass is 9.97. The molecule has 1 aromatic rings. The highest BCUT2D eigenvalue weighted by Crippen LogP contribution is 2.27. The van der Waals surface area contributed by atoms with Gasteiger partial charge in [-0.05, 0) is 0 Å². The van der Waals surface area contributed by atoms with Crippen LogP contribution in [-0.2, 0) is 5.67 Å². The second-order valence-electron chi connectivity index (χ2n) is 3.34. The molecule has 0 saturated carbocycles. The van der Waals surface area contributed by atoms with Crippen LogP contribution in [0.5, 0.6) is 0 Å². The average Bonchev–Trinajstić information content (AvgIpc) is 2.28. The van der Waals surface area contributed by atoms with E-state index in [1.807, 2.05) is 0 Å². The van der Waals surface area contributed by atoms with Gasteiger partial charge in [0.15, 0.2) is 0 Å². The Balaban J connectivity index is 3.19. The monoisotopic (exact) mass is 222 g/mol. The summed E-state index contributed by atoms with van der Waals surface area (Å²) in [6.45, 7) is 0. The van der Waals surface area contributed by atoms with Crippen molar-refractivity contribution in [2.24, 2.45) is 0 Å². The summed E-state index contributed by atoms with van der Waals surface area (Å²) in [5, 5.41) is 8.92. The summed E-state index contributed by atoms with van der Waals surface area (Å²) < 4.78 is 14.4. The Kier molecular flexibility index (Phi) is 3.38. The van der Waals surface area contributed by atoms with Crippen LogP contribution in [0.25, 0.3) is 0 Å². The van der Waals surface area contributed by atoms with Crippen molar-refractivity contribution < 1.29 is 4.39 Å². The first-order valence-corrected chi connectivity index (χ1v) is 4.80. The summed E-state index contributed by atoms with van der Waals surface area (Å²) in [5.74, 6) is 0. The number of nitriles is 1.